The lowest BCUT2D eigenvalue weighted by Crippen LogP contribution is -2.40. The van der Waals surface area contributed by atoms with Gasteiger partial charge in [-0.25, -0.2) is 13.4 Å². The summed E-state index contributed by atoms with van der Waals surface area (Å²) >= 11 is 0. The highest BCUT2D eigenvalue weighted by atomic mass is 32.2. The smallest absolute Gasteiger partial charge is 0.153 e. The number of hydrogen-bond acceptors (Lipinski definition) is 6. The Hall–Kier alpha value is -1.99. The molecular weight excluding hydrogens is 360 g/mol. The lowest BCUT2D eigenvalue weighted by Gasteiger charge is -2.27. The molecule has 0 unspecified atom stereocenters. The molecule has 6 nitrogen and oxygen atoms in total. The van der Waals surface area contributed by atoms with Gasteiger partial charge < -0.3 is 10.2 Å². The van der Waals surface area contributed by atoms with Crippen LogP contribution in [0.3, 0.4) is 0 Å². The maximum atomic E-state index is 11.6. The first-order valence-electron chi connectivity index (χ1n) is 9.65. The van der Waals surface area contributed by atoms with Crippen LogP contribution in [-0.4, -0.2) is 55.6 Å². The molecule has 2 aromatic rings. The van der Waals surface area contributed by atoms with Gasteiger partial charge in [0.25, 0.3) is 0 Å². The second-order valence-corrected chi connectivity index (χ2v) is 9.73. The Morgan fingerprint density at radius 1 is 1.11 bits per heavy atom. The third-order valence-electron chi connectivity index (χ3n) is 5.37. The van der Waals surface area contributed by atoms with Gasteiger partial charge in [0.1, 0.15) is 5.82 Å². The van der Waals surface area contributed by atoms with E-state index in [0.29, 0.717) is 25.0 Å². The highest BCUT2D eigenvalue weighted by Gasteiger charge is 2.37. The molecule has 2 aliphatic rings. The first-order chi connectivity index (χ1) is 13.1. The molecule has 2 atom stereocenters. The van der Waals surface area contributed by atoms with Crippen LogP contribution in [0.5, 0.6) is 0 Å². The zero-order valence-electron chi connectivity index (χ0n) is 15.4. The van der Waals surface area contributed by atoms with Gasteiger partial charge in [0, 0.05) is 31.2 Å². The van der Waals surface area contributed by atoms with E-state index in [0.717, 1.165) is 30.9 Å². The van der Waals surface area contributed by atoms with Crippen molar-refractivity contribution < 1.29 is 8.42 Å². The molecule has 0 spiro atoms. The van der Waals surface area contributed by atoms with E-state index in [-0.39, 0.29) is 11.5 Å². The molecule has 1 aromatic heterocycles. The summed E-state index contributed by atoms with van der Waals surface area (Å²) in [7, 11) is -2.88. The molecule has 27 heavy (non-hydrogen) atoms. The summed E-state index contributed by atoms with van der Waals surface area (Å²) < 4.78 is 23.1. The summed E-state index contributed by atoms with van der Waals surface area (Å²) in [6, 6.07) is 11.3. The van der Waals surface area contributed by atoms with E-state index < -0.39 is 9.84 Å². The Morgan fingerprint density at radius 3 is 2.67 bits per heavy atom. The van der Waals surface area contributed by atoms with Crippen LogP contribution in [-0.2, 0) is 16.3 Å². The number of aryl methyl sites for hydroxylation is 1. The van der Waals surface area contributed by atoms with Crippen molar-refractivity contribution in [3.8, 4) is 0 Å². The molecule has 144 valence electrons. The third kappa shape index (κ3) is 4.84. The predicted molar refractivity (Wildman–Crippen MR) is 107 cm³/mol. The van der Waals surface area contributed by atoms with E-state index in [2.05, 4.69) is 45.6 Å². The maximum Gasteiger partial charge on any atom is 0.153 e. The molecule has 1 N–H and O–H groups in total. The molecule has 0 amide bonds. The van der Waals surface area contributed by atoms with Crippen LogP contribution in [0, 0.1) is 0 Å². The van der Waals surface area contributed by atoms with E-state index in [4.69, 9.17) is 0 Å². The Balaban J connectivity index is 1.22. The van der Waals surface area contributed by atoms with Crippen LogP contribution in [0.25, 0.3) is 0 Å². The number of hydrogen-bond donors (Lipinski definition) is 1. The van der Waals surface area contributed by atoms with Crippen LogP contribution in [0.4, 0.5) is 5.82 Å². The SMILES string of the molecule is O=S1(=O)CCN(c2cncc(CCCN[C@@H]3C[C@H]3c3ccccc3)n2)CC1. The molecule has 2 fully saturated rings. The molecular formula is C20H26N4O2S. The fraction of sp³-hybridized carbons (Fsp3) is 0.500. The van der Waals surface area contributed by atoms with Crippen LogP contribution >= 0.6 is 0 Å². The van der Waals surface area contributed by atoms with Crippen molar-refractivity contribution in [3.05, 3.63) is 54.0 Å². The first-order valence-corrected chi connectivity index (χ1v) is 11.5. The highest BCUT2D eigenvalue weighted by Crippen LogP contribution is 2.40. The van der Waals surface area contributed by atoms with Gasteiger partial charge in [-0.2, -0.15) is 0 Å². The summed E-state index contributed by atoms with van der Waals surface area (Å²) in [4.78, 5) is 11.0. The van der Waals surface area contributed by atoms with Crippen molar-refractivity contribution in [3.63, 3.8) is 0 Å². The molecule has 1 saturated carbocycles. The fourth-order valence-electron chi connectivity index (χ4n) is 3.66. The van der Waals surface area contributed by atoms with E-state index in [1.54, 1.807) is 6.20 Å². The van der Waals surface area contributed by atoms with E-state index in [9.17, 15) is 8.42 Å². The van der Waals surface area contributed by atoms with Gasteiger partial charge in [-0.05, 0) is 31.4 Å². The Labute approximate surface area is 161 Å². The monoisotopic (exact) mass is 386 g/mol. The van der Waals surface area contributed by atoms with Crippen molar-refractivity contribution in [2.45, 2.75) is 31.2 Å². The van der Waals surface area contributed by atoms with Crippen LogP contribution in [0.1, 0.15) is 30.0 Å². The molecule has 0 bridgehead atoms. The molecule has 2 heterocycles. The van der Waals surface area contributed by atoms with Gasteiger partial charge in [0.05, 0.1) is 23.4 Å². The first kappa shape index (κ1) is 18.4. The van der Waals surface area contributed by atoms with E-state index in [1.165, 1.54) is 12.0 Å². The minimum atomic E-state index is -2.88. The molecule has 7 heteroatoms. The number of anilines is 1. The summed E-state index contributed by atoms with van der Waals surface area (Å²) in [5.74, 6) is 1.85. The topological polar surface area (TPSA) is 75.2 Å². The standard InChI is InChI=1S/C20H26N4O2S/c25-27(26)11-9-24(10-12-27)20-15-21-14-17(23-20)7-4-8-22-19-13-18(19)16-5-2-1-3-6-16/h1-3,5-6,14-15,18-19,22H,4,7-13H2/t18-,19+/m0/s1. The summed E-state index contributed by atoms with van der Waals surface area (Å²) in [6.07, 6.45) is 6.66. The number of sulfone groups is 1. The quantitative estimate of drug-likeness (QED) is 0.731. The maximum absolute atomic E-state index is 11.6. The van der Waals surface area contributed by atoms with Gasteiger partial charge in [-0.3, -0.25) is 4.98 Å². The van der Waals surface area contributed by atoms with Gasteiger partial charge in [-0.15, -0.1) is 0 Å². The Kier molecular flexibility index (Phi) is 5.41. The van der Waals surface area contributed by atoms with Crippen LogP contribution in [0.2, 0.25) is 0 Å². The lowest BCUT2D eigenvalue weighted by atomic mass is 10.1. The zero-order valence-corrected chi connectivity index (χ0v) is 16.2. The molecule has 1 aromatic carbocycles. The third-order valence-corrected chi connectivity index (χ3v) is 6.98. The second kappa shape index (κ2) is 7.94. The van der Waals surface area contributed by atoms with Gasteiger partial charge >= 0.3 is 0 Å². The normalized spacial score (nSPS) is 23.9. The molecule has 1 aliphatic carbocycles. The lowest BCUT2D eigenvalue weighted by molar-refractivity contribution is 0.586. The average Bonchev–Trinajstić information content (AvgIpc) is 3.46. The predicted octanol–water partition coefficient (Wildman–Crippen LogP) is 1.79. The number of aromatic nitrogens is 2. The zero-order chi connectivity index (χ0) is 18.7. The number of rotatable bonds is 7. The minimum absolute atomic E-state index is 0.201. The number of nitrogens with zero attached hydrogens (tertiary/aromatic N) is 3. The largest absolute Gasteiger partial charge is 0.353 e. The van der Waals surface area contributed by atoms with Crippen molar-refractivity contribution in [2.24, 2.45) is 0 Å². The van der Waals surface area contributed by atoms with Gasteiger partial charge in [0.15, 0.2) is 9.84 Å². The Morgan fingerprint density at radius 2 is 1.89 bits per heavy atom. The molecule has 0 radical (unpaired) electrons. The summed E-state index contributed by atoms with van der Waals surface area (Å²) in [6.45, 7) is 1.98. The van der Waals surface area contributed by atoms with Crippen molar-refractivity contribution in [2.75, 3.05) is 36.0 Å². The fourth-order valence-corrected chi connectivity index (χ4v) is 4.86. The second-order valence-electron chi connectivity index (χ2n) is 7.42. The summed E-state index contributed by atoms with van der Waals surface area (Å²) in [5.41, 5.74) is 2.40. The highest BCUT2D eigenvalue weighted by molar-refractivity contribution is 7.91. The van der Waals surface area contributed by atoms with Crippen LogP contribution in [0.15, 0.2) is 42.7 Å². The average molecular weight is 387 g/mol. The van der Waals surface area contributed by atoms with Crippen molar-refractivity contribution in [1.29, 1.82) is 0 Å². The van der Waals surface area contributed by atoms with Gasteiger partial charge in [0.2, 0.25) is 0 Å². The van der Waals surface area contributed by atoms with Gasteiger partial charge in [-0.1, -0.05) is 30.3 Å². The van der Waals surface area contributed by atoms with Crippen molar-refractivity contribution in [1.82, 2.24) is 15.3 Å². The van der Waals surface area contributed by atoms with E-state index in [1.807, 2.05) is 11.1 Å². The van der Waals surface area contributed by atoms with E-state index >= 15 is 0 Å². The minimum Gasteiger partial charge on any atom is -0.353 e. The number of benzene rings is 1. The Bertz CT molecular complexity index is 859. The molecule has 1 saturated heterocycles. The molecule has 1 aliphatic heterocycles. The summed E-state index contributed by atoms with van der Waals surface area (Å²) in [5, 5.41) is 3.64. The molecule has 4 rings (SSSR count). The number of nitrogens with one attached hydrogen (secondary N) is 1. The van der Waals surface area contributed by atoms with Crippen molar-refractivity contribution >= 4 is 15.7 Å². The van der Waals surface area contributed by atoms with Crippen LogP contribution < -0.4 is 10.2 Å².